The van der Waals surface area contributed by atoms with Crippen LogP contribution in [0.1, 0.15) is 75.2 Å². The van der Waals surface area contributed by atoms with Crippen molar-refractivity contribution in [2.75, 3.05) is 13.7 Å². The molecule has 0 unspecified atom stereocenters. The molecule has 17 heteroatoms. The molecule has 4 aromatic rings. The minimum Gasteiger partial charge on any atom is -0.497 e. The summed E-state index contributed by atoms with van der Waals surface area (Å²) in [6.45, 7) is 1.46. The third-order valence-electron chi connectivity index (χ3n) is 11.7. The van der Waals surface area contributed by atoms with Gasteiger partial charge in [-0.05, 0) is 81.2 Å². The number of halogens is 1. The van der Waals surface area contributed by atoms with Crippen LogP contribution in [-0.4, -0.2) is 89.2 Å². The number of allylic oxidation sites excluding steroid dienone is 1. The molecule has 3 N–H and O–H groups in total. The molecule has 2 aromatic carbocycles. The number of amides is 4. The van der Waals surface area contributed by atoms with Crippen LogP contribution in [0.2, 0.25) is 0 Å². The number of carbonyl (C=O) groups is 4. The lowest BCUT2D eigenvalue weighted by molar-refractivity contribution is -0.141. The number of benzene rings is 2. The second-order valence-corrected chi connectivity index (χ2v) is 17.8. The fraction of sp³-hybridized carbons (Fsp3) is 0.450. The molecular formula is C40H43FN6O9S. The molecule has 15 nitrogen and oxygen atoms in total. The molecule has 3 fully saturated rings. The van der Waals surface area contributed by atoms with Crippen molar-refractivity contribution < 1.29 is 46.0 Å². The fourth-order valence-electron chi connectivity index (χ4n) is 7.81. The van der Waals surface area contributed by atoms with Crippen LogP contribution in [0.15, 0.2) is 65.4 Å². The van der Waals surface area contributed by atoms with Gasteiger partial charge in [0.05, 0.1) is 23.9 Å². The van der Waals surface area contributed by atoms with E-state index in [1.54, 1.807) is 31.2 Å². The maximum absolute atomic E-state index is 14.6. The zero-order valence-corrected chi connectivity index (χ0v) is 32.3. The number of methoxy groups -OCH3 is 1. The number of sulfonamides is 1. The van der Waals surface area contributed by atoms with E-state index >= 15 is 0 Å². The van der Waals surface area contributed by atoms with Gasteiger partial charge in [0, 0.05) is 35.2 Å². The number of aromatic nitrogens is 2. The Bertz CT molecular complexity index is 2400. The molecule has 300 valence electrons. The van der Waals surface area contributed by atoms with Crippen molar-refractivity contribution in [3.63, 3.8) is 0 Å². The number of rotatable bonds is 8. The first-order valence-electron chi connectivity index (χ1n) is 19.1. The maximum atomic E-state index is 14.6. The Morgan fingerprint density at radius 3 is 2.61 bits per heavy atom. The van der Waals surface area contributed by atoms with Gasteiger partial charge in [-0.1, -0.05) is 30.2 Å². The zero-order chi connectivity index (χ0) is 40.1. The molecule has 4 amide bonds. The van der Waals surface area contributed by atoms with Crippen molar-refractivity contribution in [3.8, 4) is 11.6 Å². The summed E-state index contributed by atoms with van der Waals surface area (Å²) in [5.41, 5.74) is -1.12. The van der Waals surface area contributed by atoms with E-state index in [0.717, 1.165) is 12.8 Å². The predicted octanol–water partition coefficient (Wildman–Crippen LogP) is 4.06. The van der Waals surface area contributed by atoms with Crippen LogP contribution in [0.3, 0.4) is 0 Å². The van der Waals surface area contributed by atoms with Crippen molar-refractivity contribution in [2.45, 2.75) is 93.2 Å². The van der Waals surface area contributed by atoms with Gasteiger partial charge >= 0.3 is 0 Å². The highest BCUT2D eigenvalue weighted by Gasteiger charge is 2.63. The van der Waals surface area contributed by atoms with Crippen LogP contribution < -0.4 is 24.8 Å². The molecule has 2 aliphatic heterocycles. The molecule has 2 aromatic heterocycles. The van der Waals surface area contributed by atoms with Gasteiger partial charge < -0.3 is 29.5 Å². The van der Waals surface area contributed by atoms with Crippen molar-refractivity contribution in [2.24, 2.45) is 5.92 Å². The summed E-state index contributed by atoms with van der Waals surface area (Å²) in [6.07, 6.45) is 8.10. The third-order valence-corrected chi connectivity index (χ3v) is 13.8. The first-order chi connectivity index (χ1) is 27.3. The molecule has 2 saturated carbocycles. The SMILES string of the molecule is COc1ccc2c(c1)nc(O[C@@H]1C[C@H]3C(=O)N[C@]4(C(=O)NS(=O)(=O)C5(C)CC5)C[C@H]4/C=C\CCCCC[C@H](NC(=O)c4ccon4)C(=O)N3C1)c1ccc(F)cc12. The topological polar surface area (TPSA) is 199 Å². The van der Waals surface area contributed by atoms with E-state index in [2.05, 4.69) is 20.5 Å². The van der Waals surface area contributed by atoms with E-state index in [-0.39, 0.29) is 37.4 Å². The van der Waals surface area contributed by atoms with Crippen molar-refractivity contribution in [1.29, 1.82) is 0 Å². The van der Waals surface area contributed by atoms with Crippen LogP contribution in [0.5, 0.6) is 11.6 Å². The Hall–Kier alpha value is -5.58. The molecular weight excluding hydrogens is 760 g/mol. The molecule has 0 spiro atoms. The van der Waals surface area contributed by atoms with E-state index in [1.807, 2.05) is 12.2 Å². The first kappa shape index (κ1) is 38.3. The van der Waals surface area contributed by atoms with Crippen LogP contribution >= 0.6 is 0 Å². The average Bonchev–Trinajstić information content (AvgIpc) is 3.93. The standard InChI is InChI=1S/C40H43FN6O9S/c1-39(15-16-39)57(52,53)46-38(51)40-21-23(40)8-6-4-3-5-7-9-31(42-34(48)30-14-17-55-45-30)37(50)47-22-26(20-33(47)35(49)44-40)56-36-28-12-10-24(41)18-29(28)27-13-11-25(54-2)19-32(27)43-36/h6,8,10-14,17-19,23,26,31,33H,3-5,7,9,15-16,20-22H2,1-2H3,(H,42,48)(H,44,49)(H,46,51)/b8-6-/t23-,26-,31+,33+,40-/m1/s1. The molecule has 4 aliphatic rings. The Kier molecular flexibility index (Phi) is 9.90. The smallest absolute Gasteiger partial charge is 0.274 e. The Morgan fingerprint density at radius 2 is 1.86 bits per heavy atom. The van der Waals surface area contributed by atoms with Crippen molar-refractivity contribution in [3.05, 3.63) is 72.4 Å². The van der Waals surface area contributed by atoms with Gasteiger partial charge in [-0.25, -0.2) is 17.8 Å². The summed E-state index contributed by atoms with van der Waals surface area (Å²) in [4.78, 5) is 62.3. The Morgan fingerprint density at radius 1 is 1.05 bits per heavy atom. The van der Waals surface area contributed by atoms with E-state index in [0.29, 0.717) is 53.1 Å². The fourth-order valence-corrected chi connectivity index (χ4v) is 9.12. The highest BCUT2D eigenvalue weighted by Crippen LogP contribution is 2.47. The molecule has 1 saturated heterocycles. The number of fused-ring (bicyclic) bond motifs is 5. The summed E-state index contributed by atoms with van der Waals surface area (Å²) < 4.78 is 58.9. The highest BCUT2D eigenvalue weighted by molar-refractivity contribution is 7.91. The third kappa shape index (κ3) is 7.40. The molecule has 5 atom stereocenters. The molecule has 57 heavy (non-hydrogen) atoms. The van der Waals surface area contributed by atoms with Gasteiger partial charge in [-0.3, -0.25) is 23.9 Å². The minimum absolute atomic E-state index is 0.0224. The maximum Gasteiger partial charge on any atom is 0.274 e. The van der Waals surface area contributed by atoms with E-state index in [9.17, 15) is 32.0 Å². The summed E-state index contributed by atoms with van der Waals surface area (Å²) in [7, 11) is -2.51. The number of nitrogens with zero attached hydrogens (tertiary/aromatic N) is 3. The number of carbonyl (C=O) groups excluding carboxylic acids is 4. The highest BCUT2D eigenvalue weighted by atomic mass is 32.2. The minimum atomic E-state index is -4.03. The monoisotopic (exact) mass is 802 g/mol. The number of pyridine rings is 1. The molecule has 2 aliphatic carbocycles. The number of ether oxygens (including phenoxy) is 2. The van der Waals surface area contributed by atoms with Crippen LogP contribution in [0, 0.1) is 11.7 Å². The molecule has 8 rings (SSSR count). The van der Waals surface area contributed by atoms with Gasteiger partial charge in [0.1, 0.15) is 41.6 Å². The summed E-state index contributed by atoms with van der Waals surface area (Å²) in [5.74, 6) is -2.98. The Balaban J connectivity index is 1.14. The largest absolute Gasteiger partial charge is 0.497 e. The van der Waals surface area contributed by atoms with Crippen molar-refractivity contribution >= 4 is 55.3 Å². The molecule has 0 bridgehead atoms. The second kappa shape index (κ2) is 14.7. The van der Waals surface area contributed by atoms with E-state index in [1.165, 1.54) is 36.5 Å². The first-order valence-corrected chi connectivity index (χ1v) is 20.6. The normalized spacial score (nSPS) is 26.6. The summed E-state index contributed by atoms with van der Waals surface area (Å²) >= 11 is 0. The number of hydrogen-bond donors (Lipinski definition) is 3. The van der Waals surface area contributed by atoms with E-state index in [4.69, 9.17) is 19.0 Å². The predicted molar refractivity (Wildman–Crippen MR) is 204 cm³/mol. The zero-order valence-electron chi connectivity index (χ0n) is 31.5. The summed E-state index contributed by atoms with van der Waals surface area (Å²) in [5, 5.41) is 11.0. The van der Waals surface area contributed by atoms with E-state index < -0.39 is 73.9 Å². The second-order valence-electron chi connectivity index (χ2n) is 15.6. The van der Waals surface area contributed by atoms with Crippen molar-refractivity contribution in [1.82, 2.24) is 30.4 Å². The van der Waals surface area contributed by atoms with Gasteiger partial charge in [0.15, 0.2) is 5.69 Å². The van der Waals surface area contributed by atoms with Crippen LogP contribution in [-0.2, 0) is 24.4 Å². The summed E-state index contributed by atoms with van der Waals surface area (Å²) in [6, 6.07) is 8.55. The van der Waals surface area contributed by atoms with Crippen LogP contribution in [0.25, 0.3) is 21.7 Å². The number of nitrogens with one attached hydrogen (secondary N) is 3. The van der Waals surface area contributed by atoms with Gasteiger partial charge in [-0.15, -0.1) is 0 Å². The quantitative estimate of drug-likeness (QED) is 0.172. The van der Waals surface area contributed by atoms with Gasteiger partial charge in [0.2, 0.25) is 27.7 Å². The number of hydrogen-bond acceptors (Lipinski definition) is 11. The molecule has 0 radical (unpaired) electrons. The van der Waals surface area contributed by atoms with Gasteiger partial charge in [-0.2, -0.15) is 0 Å². The lowest BCUT2D eigenvalue weighted by atomic mass is 10.0. The molecule has 4 heterocycles. The lowest BCUT2D eigenvalue weighted by Gasteiger charge is -2.30. The van der Waals surface area contributed by atoms with Crippen LogP contribution in [0.4, 0.5) is 4.39 Å². The van der Waals surface area contributed by atoms with Gasteiger partial charge in [0.25, 0.3) is 11.8 Å². The lowest BCUT2D eigenvalue weighted by Crippen LogP contribution is -2.58. The average molecular weight is 803 g/mol. The Labute approximate surface area is 327 Å².